The number of anilines is 1. The minimum atomic E-state index is -0.125. The molecule has 0 radical (unpaired) electrons. The van der Waals surface area contributed by atoms with Gasteiger partial charge in [0.2, 0.25) is 11.8 Å². The van der Waals surface area contributed by atoms with E-state index in [9.17, 15) is 9.59 Å². The number of thiazole rings is 1. The second kappa shape index (κ2) is 9.93. The van der Waals surface area contributed by atoms with Crippen LogP contribution in [0.5, 0.6) is 0 Å². The fraction of sp³-hybridized carbons (Fsp3) is 0.421. The van der Waals surface area contributed by atoms with Crippen molar-refractivity contribution in [1.29, 1.82) is 0 Å². The minimum absolute atomic E-state index is 0.0771. The molecule has 0 bridgehead atoms. The summed E-state index contributed by atoms with van der Waals surface area (Å²) in [5, 5.41) is 6.27. The van der Waals surface area contributed by atoms with E-state index in [2.05, 4.69) is 29.5 Å². The molecular formula is C19H25N3O2S. The Hall–Kier alpha value is -2.21. The zero-order valence-electron chi connectivity index (χ0n) is 14.8. The van der Waals surface area contributed by atoms with Crippen LogP contribution < -0.4 is 10.6 Å². The molecule has 0 unspecified atom stereocenters. The lowest BCUT2D eigenvalue weighted by molar-refractivity contribution is -0.120. The molecule has 2 aromatic rings. The molecule has 1 aromatic heterocycles. The lowest BCUT2D eigenvalue weighted by atomic mass is 10.1. The van der Waals surface area contributed by atoms with Gasteiger partial charge in [-0.3, -0.25) is 9.59 Å². The molecule has 6 heteroatoms. The summed E-state index contributed by atoms with van der Waals surface area (Å²) in [6.45, 7) is 4.54. The highest BCUT2D eigenvalue weighted by molar-refractivity contribution is 7.15. The van der Waals surface area contributed by atoms with Gasteiger partial charge in [-0.25, -0.2) is 4.98 Å². The van der Waals surface area contributed by atoms with E-state index in [4.69, 9.17) is 0 Å². The Bertz CT molecular complexity index is 698. The molecule has 1 aromatic carbocycles. The maximum absolute atomic E-state index is 12.0. The first kappa shape index (κ1) is 19.1. The zero-order valence-corrected chi connectivity index (χ0v) is 15.6. The van der Waals surface area contributed by atoms with Crippen molar-refractivity contribution in [3.05, 3.63) is 46.5 Å². The molecule has 0 aliphatic carbocycles. The molecule has 134 valence electrons. The standard InChI is InChI=1S/C19H25N3O2S/c1-3-8-15-16(4-2)25-19(21-15)22-17(23)11-12-20-18(24)13-14-9-6-5-7-10-14/h5-7,9-10H,3-4,8,11-13H2,1-2H3,(H,20,24)(H,21,22,23). The first-order chi connectivity index (χ1) is 12.1. The van der Waals surface area contributed by atoms with E-state index in [1.54, 1.807) is 0 Å². The third kappa shape index (κ3) is 6.31. The maximum atomic E-state index is 12.0. The number of rotatable bonds is 9. The summed E-state index contributed by atoms with van der Waals surface area (Å²) in [5.41, 5.74) is 2.05. The highest BCUT2D eigenvalue weighted by Gasteiger charge is 2.12. The van der Waals surface area contributed by atoms with Crippen molar-refractivity contribution >= 4 is 28.3 Å². The summed E-state index contributed by atoms with van der Waals surface area (Å²) in [4.78, 5) is 29.6. The highest BCUT2D eigenvalue weighted by Crippen LogP contribution is 2.24. The summed E-state index contributed by atoms with van der Waals surface area (Å²) in [7, 11) is 0. The van der Waals surface area contributed by atoms with Crippen LogP contribution in [0.1, 0.15) is 42.8 Å². The van der Waals surface area contributed by atoms with Crippen LogP contribution in [-0.2, 0) is 28.9 Å². The monoisotopic (exact) mass is 359 g/mol. The van der Waals surface area contributed by atoms with Crippen LogP contribution in [0.4, 0.5) is 5.13 Å². The number of carbonyl (C=O) groups is 2. The van der Waals surface area contributed by atoms with Gasteiger partial charge in [0.05, 0.1) is 12.1 Å². The molecule has 2 amide bonds. The Morgan fingerprint density at radius 2 is 1.88 bits per heavy atom. The number of aromatic nitrogens is 1. The van der Waals surface area contributed by atoms with Gasteiger partial charge in [-0.1, -0.05) is 50.6 Å². The van der Waals surface area contributed by atoms with E-state index >= 15 is 0 Å². The van der Waals surface area contributed by atoms with Gasteiger partial charge in [-0.05, 0) is 18.4 Å². The zero-order chi connectivity index (χ0) is 18.1. The Morgan fingerprint density at radius 1 is 1.12 bits per heavy atom. The summed E-state index contributed by atoms with van der Waals surface area (Å²) in [5.74, 6) is -0.203. The number of amides is 2. The van der Waals surface area contributed by atoms with Crippen LogP contribution in [0.15, 0.2) is 30.3 Å². The van der Waals surface area contributed by atoms with Crippen molar-refractivity contribution in [2.24, 2.45) is 0 Å². The van der Waals surface area contributed by atoms with Gasteiger partial charge in [-0.15, -0.1) is 11.3 Å². The number of nitrogens with one attached hydrogen (secondary N) is 2. The van der Waals surface area contributed by atoms with Gasteiger partial charge in [0.15, 0.2) is 5.13 Å². The van der Waals surface area contributed by atoms with E-state index in [1.165, 1.54) is 16.2 Å². The average Bonchev–Trinajstić information content (AvgIpc) is 2.97. The van der Waals surface area contributed by atoms with Crippen LogP contribution in [0, 0.1) is 0 Å². The van der Waals surface area contributed by atoms with Gasteiger partial charge in [0.25, 0.3) is 0 Å². The molecule has 0 atom stereocenters. The molecule has 25 heavy (non-hydrogen) atoms. The number of aryl methyl sites for hydroxylation is 2. The Balaban J connectivity index is 1.74. The molecule has 0 spiro atoms. The van der Waals surface area contributed by atoms with E-state index in [0.29, 0.717) is 18.1 Å². The topological polar surface area (TPSA) is 71.1 Å². The molecule has 5 nitrogen and oxygen atoms in total. The van der Waals surface area contributed by atoms with Crippen LogP contribution in [0.2, 0.25) is 0 Å². The highest BCUT2D eigenvalue weighted by atomic mass is 32.1. The predicted molar refractivity (Wildman–Crippen MR) is 102 cm³/mol. The SMILES string of the molecule is CCCc1nc(NC(=O)CCNC(=O)Cc2ccccc2)sc1CC. The van der Waals surface area contributed by atoms with Crippen molar-refractivity contribution in [2.45, 2.75) is 46.0 Å². The minimum Gasteiger partial charge on any atom is -0.355 e. The quantitative estimate of drug-likeness (QED) is 0.721. The molecule has 0 aliphatic heterocycles. The van der Waals surface area contributed by atoms with Crippen molar-refractivity contribution in [1.82, 2.24) is 10.3 Å². The Labute approximate surface area is 152 Å². The normalized spacial score (nSPS) is 10.5. The lowest BCUT2D eigenvalue weighted by Crippen LogP contribution is -2.28. The second-order valence-electron chi connectivity index (χ2n) is 5.80. The number of hydrogen-bond donors (Lipinski definition) is 2. The largest absolute Gasteiger partial charge is 0.355 e. The van der Waals surface area contributed by atoms with Gasteiger partial charge < -0.3 is 10.6 Å². The second-order valence-corrected chi connectivity index (χ2v) is 6.89. The van der Waals surface area contributed by atoms with Crippen LogP contribution in [-0.4, -0.2) is 23.3 Å². The molecule has 0 saturated carbocycles. The van der Waals surface area contributed by atoms with Gasteiger partial charge in [0.1, 0.15) is 0 Å². The summed E-state index contributed by atoms with van der Waals surface area (Å²) >= 11 is 1.54. The summed E-state index contributed by atoms with van der Waals surface area (Å²) < 4.78 is 0. The Kier molecular flexibility index (Phi) is 7.60. The molecule has 0 aliphatic rings. The van der Waals surface area contributed by atoms with Crippen LogP contribution in [0.3, 0.4) is 0 Å². The van der Waals surface area contributed by atoms with Crippen molar-refractivity contribution in [3.8, 4) is 0 Å². The maximum Gasteiger partial charge on any atom is 0.227 e. The van der Waals surface area contributed by atoms with Crippen molar-refractivity contribution < 1.29 is 9.59 Å². The van der Waals surface area contributed by atoms with Crippen molar-refractivity contribution in [3.63, 3.8) is 0 Å². The first-order valence-electron chi connectivity index (χ1n) is 8.71. The fourth-order valence-electron chi connectivity index (χ4n) is 2.49. The Morgan fingerprint density at radius 3 is 2.56 bits per heavy atom. The predicted octanol–water partition coefficient (Wildman–Crippen LogP) is 3.35. The average molecular weight is 359 g/mol. The number of benzene rings is 1. The summed E-state index contributed by atoms with van der Waals surface area (Å²) in [6, 6.07) is 9.55. The molecule has 0 saturated heterocycles. The molecule has 2 rings (SSSR count). The lowest BCUT2D eigenvalue weighted by Gasteiger charge is -2.05. The number of carbonyl (C=O) groups excluding carboxylic acids is 2. The van der Waals surface area contributed by atoms with Crippen LogP contribution in [0.25, 0.3) is 0 Å². The van der Waals surface area contributed by atoms with Crippen molar-refractivity contribution in [2.75, 3.05) is 11.9 Å². The van der Waals surface area contributed by atoms with E-state index < -0.39 is 0 Å². The summed E-state index contributed by atoms with van der Waals surface area (Å²) in [6.07, 6.45) is 3.47. The van der Waals surface area contributed by atoms with E-state index in [0.717, 1.165) is 30.5 Å². The van der Waals surface area contributed by atoms with Gasteiger partial charge >= 0.3 is 0 Å². The van der Waals surface area contributed by atoms with E-state index in [-0.39, 0.29) is 18.2 Å². The molecule has 2 N–H and O–H groups in total. The molecular weight excluding hydrogens is 334 g/mol. The molecule has 0 fully saturated rings. The smallest absolute Gasteiger partial charge is 0.227 e. The number of nitrogens with zero attached hydrogens (tertiary/aromatic N) is 1. The third-order valence-electron chi connectivity index (χ3n) is 3.71. The molecule has 1 heterocycles. The third-order valence-corrected chi connectivity index (χ3v) is 4.87. The fourth-order valence-corrected chi connectivity index (χ4v) is 3.45. The first-order valence-corrected chi connectivity index (χ1v) is 9.53. The van der Waals surface area contributed by atoms with Crippen LogP contribution >= 0.6 is 11.3 Å². The van der Waals surface area contributed by atoms with Gasteiger partial charge in [-0.2, -0.15) is 0 Å². The van der Waals surface area contributed by atoms with E-state index in [1.807, 2.05) is 30.3 Å². The van der Waals surface area contributed by atoms with Gasteiger partial charge in [0, 0.05) is 17.8 Å². The number of hydrogen-bond acceptors (Lipinski definition) is 4.